The Hall–Kier alpha value is -0.660. The molecule has 2 heterocycles. The smallest absolute Gasteiger partial charge is 0.293 e. The van der Waals surface area contributed by atoms with Gasteiger partial charge in [0.2, 0.25) is 11.6 Å². The Bertz CT molecular complexity index is 1210. The van der Waals surface area contributed by atoms with Crippen molar-refractivity contribution in [2.45, 2.75) is 21.4 Å². The predicted octanol–water partition coefficient (Wildman–Crippen LogP) is 8.28. The largest absolute Gasteiger partial charge is 0.469 e. The van der Waals surface area contributed by atoms with Crippen molar-refractivity contribution in [1.82, 2.24) is 18.7 Å². The first kappa shape index (κ1) is 33.5. The van der Waals surface area contributed by atoms with Gasteiger partial charge in [0.1, 0.15) is 10.1 Å². The van der Waals surface area contributed by atoms with Crippen LogP contribution in [0.3, 0.4) is 0 Å². The van der Waals surface area contributed by atoms with Crippen LogP contribution in [0.5, 0.6) is 10.4 Å². The van der Waals surface area contributed by atoms with Crippen molar-refractivity contribution in [1.29, 1.82) is 0 Å². The summed E-state index contributed by atoms with van der Waals surface area (Å²) in [5.41, 5.74) is 0.624. The molecular weight excluding hydrogens is 708 g/mol. The summed E-state index contributed by atoms with van der Waals surface area (Å²) in [6.07, 6.45) is 0. The second-order valence-corrected chi connectivity index (χ2v) is 13.2. The standard InChI is InChI=1S/C10H4Cl2O2.2C5H5Cl3N2OS/c11-7-8(12)10(14)6-4-2-1-3-5(6)9(7)13;2*1-2-11-4-9-3(10-12-4)5(6,7)8/h1-4H;2*2H2,1H3. The van der Waals surface area contributed by atoms with Gasteiger partial charge in [0.05, 0.1) is 13.2 Å². The summed E-state index contributed by atoms with van der Waals surface area (Å²) in [5, 5.41) is 0.434. The van der Waals surface area contributed by atoms with Gasteiger partial charge in [-0.3, -0.25) is 9.59 Å². The van der Waals surface area contributed by atoms with Crippen LogP contribution in [0.4, 0.5) is 0 Å². The second-order valence-electron chi connectivity index (χ2n) is 6.46. The molecule has 0 aliphatic heterocycles. The van der Waals surface area contributed by atoms with Crippen molar-refractivity contribution in [3.8, 4) is 10.4 Å². The van der Waals surface area contributed by atoms with E-state index >= 15 is 0 Å². The van der Waals surface area contributed by atoms with Crippen LogP contribution >= 0.6 is 116 Å². The number of hydrogen-bond acceptors (Lipinski definition) is 10. The third kappa shape index (κ3) is 9.47. The predicted molar refractivity (Wildman–Crippen MR) is 154 cm³/mol. The summed E-state index contributed by atoms with van der Waals surface area (Å²) in [4.78, 5) is 30.8. The summed E-state index contributed by atoms with van der Waals surface area (Å²) in [6.45, 7) is 4.73. The molecule has 0 spiro atoms. The molecule has 0 unspecified atom stereocenters. The fourth-order valence-electron chi connectivity index (χ4n) is 2.33. The van der Waals surface area contributed by atoms with Crippen LogP contribution in [0, 0.1) is 0 Å². The lowest BCUT2D eigenvalue weighted by molar-refractivity contribution is 0.0987. The topological polar surface area (TPSA) is 104 Å². The van der Waals surface area contributed by atoms with E-state index in [1.807, 2.05) is 13.8 Å². The molecule has 8 nitrogen and oxygen atoms in total. The van der Waals surface area contributed by atoms with Gasteiger partial charge in [0.15, 0.2) is 11.6 Å². The number of Topliss-reactive ketones (excluding diaryl/α,β-unsaturated/α-hetero) is 2. The minimum absolute atomic E-state index is 0.154. The number of aromatic nitrogens is 4. The van der Waals surface area contributed by atoms with Crippen LogP contribution in [0.2, 0.25) is 0 Å². The first-order valence-corrected chi connectivity index (χ1v) is 14.6. The summed E-state index contributed by atoms with van der Waals surface area (Å²) in [6, 6.07) is 6.46. The van der Waals surface area contributed by atoms with Gasteiger partial charge in [0, 0.05) is 34.2 Å². The van der Waals surface area contributed by atoms with Crippen molar-refractivity contribution >= 4 is 127 Å². The lowest BCUT2D eigenvalue weighted by atomic mass is 9.95. The van der Waals surface area contributed by atoms with E-state index < -0.39 is 19.2 Å². The lowest BCUT2D eigenvalue weighted by Gasteiger charge is -2.12. The average molecular weight is 722 g/mol. The molecule has 38 heavy (non-hydrogen) atoms. The van der Waals surface area contributed by atoms with Crippen LogP contribution in [0.25, 0.3) is 0 Å². The highest BCUT2D eigenvalue weighted by Gasteiger charge is 2.30. The molecule has 4 rings (SSSR count). The monoisotopic (exact) mass is 718 g/mol. The minimum Gasteiger partial charge on any atom is -0.469 e. The number of carbonyl (C=O) groups is 2. The summed E-state index contributed by atoms with van der Waals surface area (Å²) in [7, 11) is 0. The summed E-state index contributed by atoms with van der Waals surface area (Å²) >= 11 is 46.5. The van der Waals surface area contributed by atoms with Crippen LogP contribution in [0.1, 0.15) is 46.2 Å². The van der Waals surface area contributed by atoms with Gasteiger partial charge in [-0.15, -0.1) is 0 Å². The Morgan fingerprint density at radius 3 is 1.32 bits per heavy atom. The van der Waals surface area contributed by atoms with Crippen molar-refractivity contribution < 1.29 is 19.1 Å². The van der Waals surface area contributed by atoms with E-state index in [0.29, 0.717) is 34.7 Å². The molecule has 0 saturated heterocycles. The van der Waals surface area contributed by atoms with Gasteiger partial charge in [-0.05, 0) is 13.8 Å². The molecule has 0 radical (unpaired) electrons. The third-order valence-corrected chi connectivity index (χ3v) is 6.96. The molecule has 0 bridgehead atoms. The van der Waals surface area contributed by atoms with Crippen LogP contribution in [-0.4, -0.2) is 43.5 Å². The highest BCUT2D eigenvalue weighted by atomic mass is 35.6. The Balaban J connectivity index is 0.000000201. The molecule has 2 aromatic heterocycles. The molecule has 206 valence electrons. The van der Waals surface area contributed by atoms with Gasteiger partial charge < -0.3 is 9.47 Å². The minimum atomic E-state index is -1.56. The molecule has 1 aromatic carbocycles. The molecule has 0 amide bonds. The SMILES string of the molecule is CCOc1nc(C(Cl)(Cl)Cl)ns1.CCOc1nc(C(Cl)(Cl)Cl)ns1.O=C1C(Cl)=C(Cl)C(=O)c2ccccc21. The van der Waals surface area contributed by atoms with Gasteiger partial charge in [-0.2, -0.15) is 18.7 Å². The second kappa shape index (κ2) is 14.8. The van der Waals surface area contributed by atoms with Gasteiger partial charge in [-0.25, -0.2) is 0 Å². The van der Waals surface area contributed by atoms with Crippen molar-refractivity contribution in [2.24, 2.45) is 0 Å². The van der Waals surface area contributed by atoms with E-state index in [-0.39, 0.29) is 21.7 Å². The summed E-state index contributed by atoms with van der Waals surface area (Å²) in [5.74, 6) is -0.486. The fourth-order valence-corrected chi connectivity index (χ4v) is 4.79. The number of alkyl halides is 6. The maximum atomic E-state index is 11.5. The summed E-state index contributed by atoms with van der Waals surface area (Å²) < 4.78 is 14.6. The van der Waals surface area contributed by atoms with E-state index in [1.165, 1.54) is 0 Å². The molecule has 0 atom stereocenters. The van der Waals surface area contributed by atoms with Gasteiger partial charge in [-0.1, -0.05) is 117 Å². The number of halogens is 8. The molecule has 18 heteroatoms. The molecule has 0 fully saturated rings. The van der Waals surface area contributed by atoms with Gasteiger partial charge in [0.25, 0.3) is 18.0 Å². The first-order valence-electron chi connectivity index (χ1n) is 10.0. The third-order valence-electron chi connectivity index (χ3n) is 3.87. The zero-order chi connectivity index (χ0) is 28.7. The van der Waals surface area contributed by atoms with E-state index in [0.717, 1.165) is 23.1 Å². The number of ketones is 2. The number of fused-ring (bicyclic) bond motifs is 1. The number of benzene rings is 1. The lowest BCUT2D eigenvalue weighted by Crippen LogP contribution is -2.17. The number of nitrogens with zero attached hydrogens (tertiary/aromatic N) is 4. The van der Waals surface area contributed by atoms with E-state index in [4.69, 9.17) is 102 Å². The molecule has 1 aliphatic rings. The molecule has 0 saturated carbocycles. The fraction of sp³-hybridized carbons (Fsp3) is 0.300. The van der Waals surface area contributed by atoms with E-state index in [1.54, 1.807) is 24.3 Å². The van der Waals surface area contributed by atoms with Crippen LogP contribution in [-0.2, 0) is 7.59 Å². The molecular formula is C20H14Cl8N4O4S2. The molecule has 1 aliphatic carbocycles. The number of ether oxygens (including phenoxy) is 2. The maximum absolute atomic E-state index is 11.5. The number of carbonyl (C=O) groups excluding carboxylic acids is 2. The zero-order valence-corrected chi connectivity index (χ0v) is 26.7. The molecule has 0 N–H and O–H groups in total. The Labute approximate surface area is 265 Å². The number of hydrogen-bond donors (Lipinski definition) is 0. The van der Waals surface area contributed by atoms with E-state index in [9.17, 15) is 9.59 Å². The number of allylic oxidation sites excluding steroid dienone is 2. The van der Waals surface area contributed by atoms with Crippen molar-refractivity contribution in [2.75, 3.05) is 13.2 Å². The van der Waals surface area contributed by atoms with Crippen molar-refractivity contribution in [3.05, 3.63) is 57.1 Å². The molecule has 3 aromatic rings. The van der Waals surface area contributed by atoms with Crippen molar-refractivity contribution in [3.63, 3.8) is 0 Å². The highest BCUT2D eigenvalue weighted by molar-refractivity contribution is 7.07. The average Bonchev–Trinajstić information content (AvgIpc) is 3.53. The van der Waals surface area contributed by atoms with Crippen LogP contribution in [0.15, 0.2) is 34.3 Å². The Morgan fingerprint density at radius 2 is 1.05 bits per heavy atom. The Morgan fingerprint density at radius 1 is 0.711 bits per heavy atom. The van der Waals surface area contributed by atoms with Gasteiger partial charge >= 0.3 is 0 Å². The van der Waals surface area contributed by atoms with Crippen LogP contribution < -0.4 is 9.47 Å². The Kier molecular flexibility index (Phi) is 13.1. The zero-order valence-electron chi connectivity index (χ0n) is 19.0. The van der Waals surface area contributed by atoms with E-state index in [2.05, 4.69) is 18.7 Å². The first-order chi connectivity index (χ1) is 17.7. The number of rotatable bonds is 4. The maximum Gasteiger partial charge on any atom is 0.293 e. The quantitative estimate of drug-likeness (QED) is 0.248. The highest BCUT2D eigenvalue weighted by Crippen LogP contribution is 2.38. The normalized spacial score (nSPS) is 13.2.